The first-order valence-corrected chi connectivity index (χ1v) is 14.8. The Labute approximate surface area is 243 Å². The minimum atomic E-state index is 1.14. The van der Waals surface area contributed by atoms with E-state index in [4.69, 9.17) is 0 Å². The van der Waals surface area contributed by atoms with Gasteiger partial charge in [0.05, 0.1) is 5.69 Å². The van der Waals surface area contributed by atoms with Crippen LogP contribution in [0.3, 0.4) is 0 Å². The van der Waals surface area contributed by atoms with Gasteiger partial charge in [0.2, 0.25) is 0 Å². The number of anilines is 3. The molecule has 0 aliphatic carbocycles. The molecule has 0 bridgehead atoms. The molecular formula is C39H27NS. The van der Waals surface area contributed by atoms with Gasteiger partial charge in [-0.1, -0.05) is 109 Å². The van der Waals surface area contributed by atoms with Crippen molar-refractivity contribution in [3.63, 3.8) is 0 Å². The smallest absolute Gasteiger partial charge is 0.0546 e. The van der Waals surface area contributed by atoms with E-state index in [-0.39, 0.29) is 0 Å². The van der Waals surface area contributed by atoms with Crippen molar-refractivity contribution in [3.8, 4) is 11.1 Å². The van der Waals surface area contributed by atoms with Crippen molar-refractivity contribution < 1.29 is 0 Å². The molecule has 0 aliphatic rings. The van der Waals surface area contributed by atoms with Gasteiger partial charge in [0.15, 0.2) is 0 Å². The topological polar surface area (TPSA) is 3.24 Å². The zero-order chi connectivity index (χ0) is 27.3. The Morgan fingerprint density at radius 3 is 1.93 bits per heavy atom. The Balaban J connectivity index is 1.47. The van der Waals surface area contributed by atoms with Gasteiger partial charge in [0, 0.05) is 37.1 Å². The number of benzene rings is 7. The van der Waals surface area contributed by atoms with Crippen LogP contribution in [0.2, 0.25) is 0 Å². The molecule has 0 atom stereocenters. The number of thiophene rings is 1. The molecule has 0 unspecified atom stereocenters. The molecule has 1 aromatic heterocycles. The first kappa shape index (κ1) is 23.9. The van der Waals surface area contributed by atoms with Gasteiger partial charge in [-0.2, -0.15) is 0 Å². The molecule has 8 aromatic rings. The number of hydrogen-bond donors (Lipinski definition) is 0. The lowest BCUT2D eigenvalue weighted by molar-refractivity contribution is 1.29. The van der Waals surface area contributed by atoms with Crippen LogP contribution in [0.5, 0.6) is 0 Å². The summed E-state index contributed by atoms with van der Waals surface area (Å²) in [5.41, 5.74) is 7.21. The van der Waals surface area contributed by atoms with Gasteiger partial charge in [-0.25, -0.2) is 0 Å². The third-order valence-corrected chi connectivity index (χ3v) is 9.27. The molecule has 1 nitrogen and oxygen atoms in total. The van der Waals surface area contributed by atoms with Gasteiger partial charge in [0.1, 0.15) is 0 Å². The molecule has 194 valence electrons. The molecule has 7 aromatic carbocycles. The van der Waals surface area contributed by atoms with Crippen LogP contribution in [-0.2, 0) is 0 Å². The standard InChI is InChI=1S/C39H27NS/c1-26-17-20-29(21-18-26)40(30-22-24-38-35(25-30)33-14-6-7-16-37(33)41-38)36-23-19-28-10-3-5-13-32(28)39(36)34-15-8-11-27-9-2-4-12-31(27)34/h2-25H,1H3. The Bertz CT molecular complexity index is 2220. The predicted octanol–water partition coefficient (Wildman–Crippen LogP) is 11.8. The van der Waals surface area contributed by atoms with Crippen molar-refractivity contribution in [1.29, 1.82) is 0 Å². The first-order chi connectivity index (χ1) is 20.2. The highest BCUT2D eigenvalue weighted by atomic mass is 32.1. The van der Waals surface area contributed by atoms with E-state index < -0.39 is 0 Å². The van der Waals surface area contributed by atoms with Crippen LogP contribution in [0.15, 0.2) is 146 Å². The minimum Gasteiger partial charge on any atom is -0.310 e. The molecule has 0 amide bonds. The maximum absolute atomic E-state index is 2.44. The first-order valence-electron chi connectivity index (χ1n) is 14.0. The molecule has 0 radical (unpaired) electrons. The van der Waals surface area contributed by atoms with Gasteiger partial charge >= 0.3 is 0 Å². The molecule has 0 saturated carbocycles. The molecule has 0 spiro atoms. The highest BCUT2D eigenvalue weighted by Gasteiger charge is 2.21. The lowest BCUT2D eigenvalue weighted by Crippen LogP contribution is -2.11. The van der Waals surface area contributed by atoms with Gasteiger partial charge < -0.3 is 4.90 Å². The summed E-state index contributed by atoms with van der Waals surface area (Å²) >= 11 is 1.86. The van der Waals surface area contributed by atoms with E-state index in [9.17, 15) is 0 Å². The zero-order valence-electron chi connectivity index (χ0n) is 22.7. The van der Waals surface area contributed by atoms with Crippen LogP contribution >= 0.6 is 11.3 Å². The maximum Gasteiger partial charge on any atom is 0.0546 e. The van der Waals surface area contributed by atoms with Gasteiger partial charge in [-0.3, -0.25) is 0 Å². The molecule has 0 saturated heterocycles. The Hall–Kier alpha value is -4.92. The molecule has 2 heteroatoms. The molecule has 8 rings (SSSR count). The Kier molecular flexibility index (Phi) is 5.61. The molecule has 0 N–H and O–H groups in total. The highest BCUT2D eigenvalue weighted by molar-refractivity contribution is 7.25. The van der Waals surface area contributed by atoms with E-state index in [1.54, 1.807) is 0 Å². The highest BCUT2D eigenvalue weighted by Crippen LogP contribution is 2.47. The van der Waals surface area contributed by atoms with Crippen molar-refractivity contribution in [2.45, 2.75) is 6.92 Å². The van der Waals surface area contributed by atoms with E-state index in [1.807, 2.05) is 11.3 Å². The van der Waals surface area contributed by atoms with Crippen LogP contribution in [0.4, 0.5) is 17.1 Å². The molecule has 0 fully saturated rings. The number of fused-ring (bicyclic) bond motifs is 5. The van der Waals surface area contributed by atoms with Crippen molar-refractivity contribution in [1.82, 2.24) is 0 Å². The average Bonchev–Trinajstić information content (AvgIpc) is 3.40. The van der Waals surface area contributed by atoms with E-state index in [0.717, 1.165) is 11.4 Å². The summed E-state index contributed by atoms with van der Waals surface area (Å²) in [6, 6.07) is 53.3. The fraction of sp³-hybridized carbons (Fsp3) is 0.0256. The Morgan fingerprint density at radius 2 is 1.10 bits per heavy atom. The van der Waals surface area contributed by atoms with Crippen LogP contribution in [0.25, 0.3) is 52.8 Å². The van der Waals surface area contributed by atoms with Gasteiger partial charge in [-0.05, 0) is 76.5 Å². The van der Waals surface area contributed by atoms with E-state index in [0.29, 0.717) is 0 Å². The summed E-state index contributed by atoms with van der Waals surface area (Å²) in [6.45, 7) is 2.15. The van der Waals surface area contributed by atoms with E-state index in [1.165, 1.54) is 64.1 Å². The van der Waals surface area contributed by atoms with Crippen LogP contribution in [-0.4, -0.2) is 0 Å². The maximum atomic E-state index is 2.44. The average molecular weight is 542 g/mol. The quantitative estimate of drug-likeness (QED) is 0.214. The summed E-state index contributed by atoms with van der Waals surface area (Å²) in [6.07, 6.45) is 0. The van der Waals surface area contributed by atoms with Crippen molar-refractivity contribution >= 4 is 70.1 Å². The van der Waals surface area contributed by atoms with Crippen molar-refractivity contribution in [2.24, 2.45) is 0 Å². The number of nitrogens with zero attached hydrogens (tertiary/aromatic N) is 1. The fourth-order valence-corrected chi connectivity index (χ4v) is 7.23. The lowest BCUT2D eigenvalue weighted by Gasteiger charge is -2.29. The van der Waals surface area contributed by atoms with Crippen molar-refractivity contribution in [3.05, 3.63) is 151 Å². The largest absolute Gasteiger partial charge is 0.310 e. The summed E-state index contributed by atoms with van der Waals surface area (Å²) in [5.74, 6) is 0. The SMILES string of the molecule is Cc1ccc(N(c2ccc3sc4ccccc4c3c2)c2ccc3ccccc3c2-c2cccc3ccccc23)cc1. The second-order valence-corrected chi connectivity index (χ2v) is 11.7. The predicted molar refractivity (Wildman–Crippen MR) is 179 cm³/mol. The van der Waals surface area contributed by atoms with E-state index in [2.05, 4.69) is 157 Å². The Morgan fingerprint density at radius 1 is 0.463 bits per heavy atom. The van der Waals surface area contributed by atoms with E-state index >= 15 is 0 Å². The zero-order valence-corrected chi connectivity index (χ0v) is 23.5. The third kappa shape index (κ3) is 3.99. The number of aryl methyl sites for hydroxylation is 1. The van der Waals surface area contributed by atoms with Crippen LogP contribution in [0.1, 0.15) is 5.56 Å². The number of hydrogen-bond acceptors (Lipinski definition) is 2. The second kappa shape index (κ2) is 9.62. The molecule has 1 heterocycles. The molecule has 0 aliphatic heterocycles. The van der Waals surface area contributed by atoms with Crippen molar-refractivity contribution in [2.75, 3.05) is 4.90 Å². The van der Waals surface area contributed by atoms with Gasteiger partial charge in [0.25, 0.3) is 0 Å². The summed E-state index contributed by atoms with van der Waals surface area (Å²) in [7, 11) is 0. The molecular weight excluding hydrogens is 515 g/mol. The summed E-state index contributed by atoms with van der Waals surface area (Å²) in [5, 5.41) is 7.61. The van der Waals surface area contributed by atoms with Crippen LogP contribution < -0.4 is 4.90 Å². The normalized spacial score (nSPS) is 11.5. The minimum absolute atomic E-state index is 1.14. The second-order valence-electron chi connectivity index (χ2n) is 10.7. The van der Waals surface area contributed by atoms with Gasteiger partial charge in [-0.15, -0.1) is 11.3 Å². The monoisotopic (exact) mass is 541 g/mol. The molecule has 41 heavy (non-hydrogen) atoms. The fourth-order valence-electron chi connectivity index (χ4n) is 6.15. The lowest BCUT2D eigenvalue weighted by atomic mass is 9.91. The van der Waals surface area contributed by atoms with Crippen LogP contribution in [0, 0.1) is 6.92 Å². The summed E-state index contributed by atoms with van der Waals surface area (Å²) < 4.78 is 2.63. The number of rotatable bonds is 4. The summed E-state index contributed by atoms with van der Waals surface area (Å²) in [4.78, 5) is 2.44. The third-order valence-electron chi connectivity index (χ3n) is 8.12.